The molecule has 0 atom stereocenters. The molecule has 0 rings (SSSR count). The van der Waals surface area contributed by atoms with Crippen molar-refractivity contribution in [2.75, 3.05) is 19.8 Å². The van der Waals surface area contributed by atoms with E-state index in [0.717, 1.165) is 0 Å². The summed E-state index contributed by atoms with van der Waals surface area (Å²) in [5.41, 5.74) is 0. The van der Waals surface area contributed by atoms with Gasteiger partial charge in [-0.05, 0) is 0 Å². The molecule has 0 aromatic rings. The van der Waals surface area contributed by atoms with Gasteiger partial charge in [0.1, 0.15) is 13.2 Å². The molecule has 0 aromatic carbocycles. The fourth-order valence-corrected chi connectivity index (χ4v) is 0. The molecular weight excluding hydrogens is 276 g/mol. The number of aliphatic hydroxyl groups excluding tert-OH is 3. The molecule has 0 saturated heterocycles. The van der Waals surface area contributed by atoms with Crippen molar-refractivity contribution in [3.8, 4) is 0 Å². The van der Waals surface area contributed by atoms with E-state index in [1.54, 1.807) is 0 Å². The van der Waals surface area contributed by atoms with E-state index >= 15 is 0 Å². The summed E-state index contributed by atoms with van der Waals surface area (Å²) in [6, 6.07) is 0. The summed E-state index contributed by atoms with van der Waals surface area (Å²) in [5, 5.41) is 46.5. The number of carbonyl (C=O) groups is 3. The van der Waals surface area contributed by atoms with Gasteiger partial charge in [0.15, 0.2) is 0 Å². The molecule has 0 aliphatic heterocycles. The summed E-state index contributed by atoms with van der Waals surface area (Å²) < 4.78 is 0. The zero-order valence-electron chi connectivity index (χ0n) is 8.58. The van der Waals surface area contributed by atoms with Gasteiger partial charge < -0.3 is 47.8 Å². The molecule has 0 unspecified atom stereocenters. The second-order valence-corrected chi connectivity index (χ2v) is 1.63. The summed E-state index contributed by atoms with van der Waals surface area (Å²) in [6.45, 7) is -2.44. The van der Waals surface area contributed by atoms with Gasteiger partial charge in [-0.15, -0.1) is 0 Å². The van der Waals surface area contributed by atoms with Crippen LogP contribution in [0.25, 0.3) is 0 Å². The number of rotatable bonds is 3. The van der Waals surface area contributed by atoms with E-state index in [4.69, 9.17) is 45.0 Å². The Morgan fingerprint density at radius 3 is 0.941 bits per heavy atom. The molecule has 0 bridgehead atoms. The molecule has 11 heteroatoms. The number of carboxylic acid groups (broad SMARTS) is 3. The summed E-state index contributed by atoms with van der Waals surface area (Å²) >= 11 is 0. The molecule has 0 aliphatic rings. The smallest absolute Gasteiger partial charge is 1.00 e. The van der Waals surface area contributed by atoms with Gasteiger partial charge in [-0.2, -0.15) is 0 Å². The minimum atomic E-state index is -1.44. The number of aliphatic hydroxyl groups is 3. The van der Waals surface area contributed by atoms with Crippen LogP contribution < -0.4 is 17.5 Å². The molecule has 0 aliphatic carbocycles. The third-order valence-corrected chi connectivity index (χ3v) is 0.400. The van der Waals surface area contributed by atoms with Crippen molar-refractivity contribution in [3.05, 3.63) is 0 Å². The maximum absolute atomic E-state index is 9.12. The molecule has 0 heterocycles. The molecular formula is C6H11ClMgO9. The van der Waals surface area contributed by atoms with Crippen LogP contribution in [0.4, 0.5) is 0 Å². The minimum Gasteiger partial charge on any atom is -1.00 e. The van der Waals surface area contributed by atoms with Crippen LogP contribution >= 0.6 is 0 Å². The van der Waals surface area contributed by atoms with Gasteiger partial charge in [-0.1, -0.05) is 0 Å². The van der Waals surface area contributed by atoms with Gasteiger partial charge in [0, 0.05) is 0 Å². The maximum Gasteiger partial charge on any atom is 2.00 e. The van der Waals surface area contributed by atoms with Crippen molar-refractivity contribution in [2.24, 2.45) is 0 Å². The molecule has 17 heavy (non-hydrogen) atoms. The van der Waals surface area contributed by atoms with Crippen LogP contribution in [0.15, 0.2) is 0 Å². The standard InChI is InChI=1S/3C2H4O3.ClH.Mg/c3*3-1-2(4)5;;/h3*3H,1H2,(H,4,5);1H;/q;;;;+2/p-2. The number of hydrogen-bond acceptors (Lipinski definition) is 7. The van der Waals surface area contributed by atoms with E-state index in [1.807, 2.05) is 0 Å². The average molecular weight is 287 g/mol. The normalized spacial score (nSPS) is 6.53. The molecule has 0 aromatic heterocycles. The minimum absolute atomic E-state index is 0. The van der Waals surface area contributed by atoms with E-state index in [1.165, 1.54) is 0 Å². The Labute approximate surface area is 118 Å². The van der Waals surface area contributed by atoms with Crippen molar-refractivity contribution < 1.29 is 57.4 Å². The van der Waals surface area contributed by atoms with Gasteiger partial charge in [0.25, 0.3) is 0 Å². The van der Waals surface area contributed by atoms with E-state index in [9.17, 15) is 0 Å². The van der Waals surface area contributed by atoms with E-state index in [2.05, 4.69) is 0 Å². The summed E-state index contributed by atoms with van der Waals surface area (Å²) in [7, 11) is 0. The number of aliphatic carboxylic acids is 3. The van der Waals surface area contributed by atoms with Gasteiger partial charge in [-0.3, -0.25) is 0 Å². The van der Waals surface area contributed by atoms with Gasteiger partial charge in [-0.25, -0.2) is 9.59 Å². The molecule has 0 fully saturated rings. The van der Waals surface area contributed by atoms with Crippen LogP contribution in [0.3, 0.4) is 0 Å². The molecule has 0 spiro atoms. The van der Waals surface area contributed by atoms with E-state index < -0.39 is 37.7 Å². The maximum atomic E-state index is 9.12. The van der Waals surface area contributed by atoms with Crippen LogP contribution in [-0.2, 0) is 14.4 Å². The first kappa shape index (κ1) is 29.9. The van der Waals surface area contributed by atoms with Gasteiger partial charge >= 0.3 is 35.0 Å². The zero-order valence-corrected chi connectivity index (χ0v) is 10.7. The quantitative estimate of drug-likeness (QED) is 0.315. The Balaban J connectivity index is -0.0000000400. The second-order valence-electron chi connectivity index (χ2n) is 1.63. The van der Waals surface area contributed by atoms with Crippen molar-refractivity contribution in [3.63, 3.8) is 0 Å². The van der Waals surface area contributed by atoms with Crippen molar-refractivity contribution in [2.45, 2.75) is 0 Å². The average Bonchev–Trinajstić information content (AvgIpc) is 2.19. The zero-order chi connectivity index (χ0) is 12.9. The number of carbonyl (C=O) groups excluding carboxylic acids is 1. The Bertz CT molecular complexity index is 165. The predicted octanol–water partition coefficient (Wildman–Crippen LogP) is -7.52. The third-order valence-electron chi connectivity index (χ3n) is 0.400. The first-order valence-corrected chi connectivity index (χ1v) is 3.27. The fourth-order valence-electron chi connectivity index (χ4n) is 0. The summed E-state index contributed by atoms with van der Waals surface area (Å²) in [6.07, 6.45) is 0. The van der Waals surface area contributed by atoms with Crippen LogP contribution in [0.2, 0.25) is 0 Å². The van der Waals surface area contributed by atoms with Crippen LogP contribution in [0.5, 0.6) is 0 Å². The van der Waals surface area contributed by atoms with Gasteiger partial charge in [0.2, 0.25) is 0 Å². The number of halogens is 1. The second kappa shape index (κ2) is 24.5. The number of hydrogen-bond donors (Lipinski definition) is 5. The SMILES string of the molecule is O=C(O)CO.O=C(O)CO.O=C([O-])CO.[Cl-].[Mg+2]. The Morgan fingerprint density at radius 1 is 0.824 bits per heavy atom. The first-order chi connectivity index (χ1) is 6.81. The molecule has 0 saturated carbocycles. The molecule has 0 amide bonds. The Hall–Kier alpha value is -0.654. The van der Waals surface area contributed by atoms with Gasteiger partial charge in [0.05, 0.1) is 12.6 Å². The molecule has 9 nitrogen and oxygen atoms in total. The number of carboxylic acids is 3. The van der Waals surface area contributed by atoms with Crippen molar-refractivity contribution in [1.29, 1.82) is 0 Å². The predicted molar refractivity (Wildman–Crippen MR) is 47.3 cm³/mol. The third kappa shape index (κ3) is 95.6. The van der Waals surface area contributed by atoms with Crippen LogP contribution in [0, 0.1) is 0 Å². The molecule has 98 valence electrons. The first-order valence-electron chi connectivity index (χ1n) is 3.27. The van der Waals surface area contributed by atoms with Crippen molar-refractivity contribution in [1.82, 2.24) is 0 Å². The monoisotopic (exact) mass is 286 g/mol. The summed E-state index contributed by atoms with van der Waals surface area (Å²) in [4.78, 5) is 27.2. The Morgan fingerprint density at radius 2 is 0.941 bits per heavy atom. The Kier molecular flexibility index (Phi) is 43.2. The molecule has 0 radical (unpaired) electrons. The summed E-state index contributed by atoms with van der Waals surface area (Å²) in [5.74, 6) is -3.82. The topological polar surface area (TPSA) is 175 Å². The largest absolute Gasteiger partial charge is 2.00 e. The van der Waals surface area contributed by atoms with Crippen molar-refractivity contribution >= 4 is 41.0 Å². The van der Waals surface area contributed by atoms with E-state index in [-0.39, 0.29) is 35.5 Å². The van der Waals surface area contributed by atoms with E-state index in [0.29, 0.717) is 0 Å². The van der Waals surface area contributed by atoms with Crippen LogP contribution in [-0.4, -0.2) is 86.3 Å². The molecule has 5 N–H and O–H groups in total. The fraction of sp³-hybridized carbons (Fsp3) is 0.500. The van der Waals surface area contributed by atoms with Crippen LogP contribution in [0.1, 0.15) is 0 Å².